The maximum atomic E-state index is 12.4. The molecule has 9 heteroatoms. The van der Waals surface area contributed by atoms with Crippen LogP contribution in [-0.2, 0) is 17.8 Å². The number of aromatic nitrogens is 4. The largest absolute Gasteiger partial charge is 0.464 e. The fourth-order valence-electron chi connectivity index (χ4n) is 3.68. The van der Waals surface area contributed by atoms with Gasteiger partial charge in [-0.15, -0.1) is 10.2 Å². The van der Waals surface area contributed by atoms with Gasteiger partial charge in [-0.1, -0.05) is 54.6 Å². The number of hydrazine groups is 1. The number of nitrogens with zero attached hydrogens (tertiary/aromatic N) is 4. The number of hydrogen-bond acceptors (Lipinski definition) is 6. The molecule has 0 spiro atoms. The van der Waals surface area contributed by atoms with Gasteiger partial charge >= 0.3 is 0 Å². The summed E-state index contributed by atoms with van der Waals surface area (Å²) in [4.78, 5) is 26.3. The van der Waals surface area contributed by atoms with E-state index < -0.39 is 5.91 Å². The summed E-state index contributed by atoms with van der Waals surface area (Å²) in [6, 6.07) is 22.4. The molecule has 0 saturated heterocycles. The number of benzene rings is 3. The van der Waals surface area contributed by atoms with Gasteiger partial charge in [0.1, 0.15) is 5.58 Å². The third kappa shape index (κ3) is 5.09. The quantitative estimate of drug-likeness (QED) is 0.371. The van der Waals surface area contributed by atoms with Gasteiger partial charge in [-0.2, -0.15) is 4.80 Å². The molecule has 0 radical (unpaired) electrons. The van der Waals surface area contributed by atoms with Crippen LogP contribution in [-0.4, -0.2) is 32.0 Å². The lowest BCUT2D eigenvalue weighted by Crippen LogP contribution is -2.42. The lowest BCUT2D eigenvalue weighted by Gasteiger charge is -2.08. The molecule has 0 aliphatic rings. The Bertz CT molecular complexity index is 1490. The molecule has 174 valence electrons. The summed E-state index contributed by atoms with van der Waals surface area (Å²) in [5.41, 5.74) is 9.68. The van der Waals surface area contributed by atoms with E-state index in [0.717, 1.165) is 33.2 Å². The first-order chi connectivity index (χ1) is 17.0. The number of furan rings is 1. The third-order valence-corrected chi connectivity index (χ3v) is 5.50. The summed E-state index contributed by atoms with van der Waals surface area (Å²) in [5, 5.41) is 13.5. The molecular weight excluding hydrogens is 444 g/mol. The van der Waals surface area contributed by atoms with Crippen molar-refractivity contribution >= 4 is 22.8 Å². The van der Waals surface area contributed by atoms with E-state index in [1.54, 1.807) is 18.4 Å². The smallest absolute Gasteiger partial charge is 0.269 e. The van der Waals surface area contributed by atoms with E-state index in [9.17, 15) is 9.59 Å². The molecule has 2 N–H and O–H groups in total. The van der Waals surface area contributed by atoms with E-state index in [0.29, 0.717) is 17.9 Å². The first-order valence-electron chi connectivity index (χ1n) is 11.0. The molecule has 0 aliphatic heterocycles. The van der Waals surface area contributed by atoms with Crippen molar-refractivity contribution in [3.05, 3.63) is 101 Å². The summed E-state index contributed by atoms with van der Waals surface area (Å²) in [6.07, 6.45) is 1.65. The minimum atomic E-state index is -0.414. The first-order valence-corrected chi connectivity index (χ1v) is 11.0. The fraction of sp³-hybridized carbons (Fsp3) is 0.115. The molecule has 0 fully saturated rings. The molecule has 35 heavy (non-hydrogen) atoms. The molecule has 9 nitrogen and oxygen atoms in total. The summed E-state index contributed by atoms with van der Waals surface area (Å²) < 4.78 is 5.52. The predicted molar refractivity (Wildman–Crippen MR) is 129 cm³/mol. The number of fused-ring (bicyclic) bond motifs is 1. The SMILES string of the molecule is Cc1ccc2c(CC(=O)NNC(=O)c3ccc(Cn4nnc(-c5ccccc5)n4)cc3)coc2c1. The van der Waals surface area contributed by atoms with Gasteiger partial charge in [0.2, 0.25) is 11.7 Å². The normalized spacial score (nSPS) is 10.9. The molecule has 0 atom stereocenters. The maximum Gasteiger partial charge on any atom is 0.269 e. The summed E-state index contributed by atoms with van der Waals surface area (Å²) >= 11 is 0. The van der Waals surface area contributed by atoms with Crippen LogP contribution in [0.4, 0.5) is 0 Å². The van der Waals surface area contributed by atoms with Crippen LogP contribution in [0, 0.1) is 6.92 Å². The van der Waals surface area contributed by atoms with E-state index in [1.165, 1.54) is 4.80 Å². The van der Waals surface area contributed by atoms with Crippen molar-refractivity contribution in [1.29, 1.82) is 0 Å². The van der Waals surface area contributed by atoms with Crippen molar-refractivity contribution in [2.75, 3.05) is 0 Å². The lowest BCUT2D eigenvalue weighted by atomic mass is 10.1. The van der Waals surface area contributed by atoms with E-state index >= 15 is 0 Å². The molecular formula is C26H22N6O3. The van der Waals surface area contributed by atoms with Crippen LogP contribution in [0.15, 0.2) is 83.5 Å². The Hall–Kier alpha value is -4.79. The zero-order chi connectivity index (χ0) is 24.2. The van der Waals surface area contributed by atoms with Crippen molar-refractivity contribution < 1.29 is 14.0 Å². The summed E-state index contributed by atoms with van der Waals surface area (Å²) in [6.45, 7) is 2.39. The number of hydrogen-bond donors (Lipinski definition) is 2. The van der Waals surface area contributed by atoms with E-state index in [2.05, 4.69) is 26.3 Å². The van der Waals surface area contributed by atoms with Crippen molar-refractivity contribution in [1.82, 2.24) is 31.1 Å². The number of carbonyl (C=O) groups is 2. The zero-order valence-electron chi connectivity index (χ0n) is 18.9. The van der Waals surface area contributed by atoms with Crippen LogP contribution in [0.1, 0.15) is 27.0 Å². The van der Waals surface area contributed by atoms with Gasteiger partial charge < -0.3 is 4.42 Å². The van der Waals surface area contributed by atoms with E-state index in [1.807, 2.05) is 67.6 Å². The number of rotatable bonds is 6. The highest BCUT2D eigenvalue weighted by Gasteiger charge is 2.13. The molecule has 3 aromatic carbocycles. The zero-order valence-corrected chi connectivity index (χ0v) is 18.9. The van der Waals surface area contributed by atoms with Gasteiger partial charge in [-0.25, -0.2) is 0 Å². The van der Waals surface area contributed by atoms with Crippen molar-refractivity contribution in [3.63, 3.8) is 0 Å². The van der Waals surface area contributed by atoms with Crippen LogP contribution < -0.4 is 10.9 Å². The summed E-state index contributed by atoms with van der Waals surface area (Å²) in [5.74, 6) is -0.205. The Kier molecular flexibility index (Phi) is 6.04. The van der Waals surface area contributed by atoms with Gasteiger partial charge in [-0.3, -0.25) is 20.4 Å². The lowest BCUT2D eigenvalue weighted by molar-refractivity contribution is -0.121. The second-order valence-electron chi connectivity index (χ2n) is 8.15. The molecule has 2 amide bonds. The molecule has 2 aromatic heterocycles. The second kappa shape index (κ2) is 9.60. The standard InChI is InChI=1S/C26H22N6O3/c1-17-7-12-22-21(16-35-23(22)13-17)14-24(33)27-29-26(34)20-10-8-18(9-11-20)15-32-30-25(28-31-32)19-5-3-2-4-6-19/h2-13,16H,14-15H2,1H3,(H,27,33)(H,29,34). The van der Waals surface area contributed by atoms with Crippen molar-refractivity contribution in [3.8, 4) is 11.4 Å². The van der Waals surface area contributed by atoms with Crippen LogP contribution in [0.2, 0.25) is 0 Å². The van der Waals surface area contributed by atoms with Crippen LogP contribution in [0.3, 0.4) is 0 Å². The maximum absolute atomic E-state index is 12.4. The predicted octanol–water partition coefficient (Wildman–Crippen LogP) is 3.45. The molecule has 2 heterocycles. The highest BCUT2D eigenvalue weighted by molar-refractivity contribution is 5.96. The topological polar surface area (TPSA) is 115 Å². The second-order valence-corrected chi connectivity index (χ2v) is 8.15. The van der Waals surface area contributed by atoms with E-state index in [4.69, 9.17) is 4.42 Å². The molecule has 0 saturated carbocycles. The van der Waals surface area contributed by atoms with Crippen LogP contribution in [0.5, 0.6) is 0 Å². The first kappa shape index (κ1) is 22.0. The van der Waals surface area contributed by atoms with Crippen molar-refractivity contribution in [2.45, 2.75) is 19.9 Å². The Morgan fingerprint density at radius 3 is 2.57 bits per heavy atom. The number of nitrogens with one attached hydrogen (secondary N) is 2. The molecule has 5 aromatic rings. The summed E-state index contributed by atoms with van der Waals surface area (Å²) in [7, 11) is 0. The highest BCUT2D eigenvalue weighted by atomic mass is 16.3. The average Bonchev–Trinajstić information content (AvgIpc) is 3.50. The molecule has 5 rings (SSSR count). The fourth-order valence-corrected chi connectivity index (χ4v) is 3.68. The number of tetrazole rings is 1. The molecule has 0 unspecified atom stereocenters. The van der Waals surface area contributed by atoms with Gasteiger partial charge in [0, 0.05) is 22.1 Å². The average molecular weight is 467 g/mol. The Morgan fingerprint density at radius 2 is 1.77 bits per heavy atom. The number of aryl methyl sites for hydroxylation is 1. The van der Waals surface area contributed by atoms with Gasteiger partial charge in [0.25, 0.3) is 5.91 Å². The Labute approximate surface area is 200 Å². The minimum Gasteiger partial charge on any atom is -0.464 e. The van der Waals surface area contributed by atoms with Crippen LogP contribution in [0.25, 0.3) is 22.4 Å². The van der Waals surface area contributed by atoms with E-state index in [-0.39, 0.29) is 12.3 Å². The molecule has 0 bridgehead atoms. The minimum absolute atomic E-state index is 0.0884. The molecule has 0 aliphatic carbocycles. The Morgan fingerprint density at radius 1 is 0.971 bits per heavy atom. The van der Waals surface area contributed by atoms with Crippen molar-refractivity contribution in [2.24, 2.45) is 0 Å². The van der Waals surface area contributed by atoms with Gasteiger partial charge in [0.05, 0.1) is 19.2 Å². The van der Waals surface area contributed by atoms with Gasteiger partial charge in [0.15, 0.2) is 0 Å². The van der Waals surface area contributed by atoms with Gasteiger partial charge in [-0.05, 0) is 41.5 Å². The number of carbonyl (C=O) groups excluding carboxylic acids is 2. The Balaban J connectivity index is 1.15. The monoisotopic (exact) mass is 466 g/mol. The van der Waals surface area contributed by atoms with Crippen LogP contribution >= 0.6 is 0 Å². The highest BCUT2D eigenvalue weighted by Crippen LogP contribution is 2.22. The third-order valence-electron chi connectivity index (χ3n) is 5.50. The number of amides is 2.